The van der Waals surface area contributed by atoms with Crippen molar-refractivity contribution in [3.8, 4) is 0 Å². The Morgan fingerprint density at radius 2 is 2.00 bits per heavy atom. The molecular formula is C13H9BrN3. The second-order valence-electron chi connectivity index (χ2n) is 3.86. The van der Waals surface area contributed by atoms with Gasteiger partial charge in [0.25, 0.3) is 0 Å². The van der Waals surface area contributed by atoms with Crippen LogP contribution < -0.4 is 0 Å². The van der Waals surface area contributed by atoms with Gasteiger partial charge in [0.1, 0.15) is 5.52 Å². The minimum absolute atomic E-state index is 0.782. The maximum Gasteiger partial charge on any atom is 0.175 e. The summed E-state index contributed by atoms with van der Waals surface area (Å²) < 4.78 is 1.09. The molecule has 3 rings (SSSR count). The first-order chi connectivity index (χ1) is 8.31. The molecule has 0 aliphatic rings. The number of H-pyrrole nitrogens is 1. The van der Waals surface area contributed by atoms with Gasteiger partial charge in [-0.25, -0.2) is 9.97 Å². The zero-order valence-electron chi connectivity index (χ0n) is 8.94. The van der Waals surface area contributed by atoms with E-state index in [1.165, 1.54) is 5.56 Å². The largest absolute Gasteiger partial charge is 0.320 e. The van der Waals surface area contributed by atoms with Crippen molar-refractivity contribution in [2.75, 3.05) is 0 Å². The molecule has 3 nitrogen and oxygen atoms in total. The maximum atomic E-state index is 4.30. The molecule has 1 radical (unpaired) electrons. The Balaban J connectivity index is 1.91. The topological polar surface area (TPSA) is 41.6 Å². The highest BCUT2D eigenvalue weighted by Crippen LogP contribution is 2.15. The number of aromatic amines is 1. The Labute approximate surface area is 107 Å². The van der Waals surface area contributed by atoms with Crippen LogP contribution in [0.5, 0.6) is 0 Å². The summed E-state index contributed by atoms with van der Waals surface area (Å²) in [5.41, 5.74) is 4.05. The van der Waals surface area contributed by atoms with Crippen LogP contribution in [0.15, 0.2) is 41.0 Å². The minimum atomic E-state index is 0.782. The molecule has 0 atom stereocenters. The van der Waals surface area contributed by atoms with Crippen LogP contribution >= 0.6 is 15.9 Å². The highest BCUT2D eigenvalue weighted by molar-refractivity contribution is 9.10. The number of fused-ring (bicyclic) bond motifs is 1. The van der Waals surface area contributed by atoms with Gasteiger partial charge in [-0.3, -0.25) is 0 Å². The second kappa shape index (κ2) is 4.30. The van der Waals surface area contributed by atoms with E-state index >= 15 is 0 Å². The van der Waals surface area contributed by atoms with Crippen LogP contribution in [0.2, 0.25) is 0 Å². The molecule has 83 valence electrons. The first-order valence-corrected chi connectivity index (χ1v) is 6.06. The fourth-order valence-corrected chi connectivity index (χ4v) is 2.02. The molecule has 0 fully saturated rings. The SMILES string of the molecule is Brc1ccc(Cc2cnc3[nH][c]nc3c2)cc1. The fraction of sp³-hybridized carbons (Fsp3) is 0.0769. The molecule has 0 bridgehead atoms. The van der Waals surface area contributed by atoms with Gasteiger partial charge in [0.2, 0.25) is 0 Å². The van der Waals surface area contributed by atoms with Gasteiger partial charge in [0.05, 0.1) is 0 Å². The van der Waals surface area contributed by atoms with E-state index in [1.54, 1.807) is 0 Å². The summed E-state index contributed by atoms with van der Waals surface area (Å²) in [5.74, 6) is 0. The summed E-state index contributed by atoms with van der Waals surface area (Å²) >= 11 is 3.43. The number of aromatic nitrogens is 3. The van der Waals surface area contributed by atoms with Gasteiger partial charge in [-0.05, 0) is 35.7 Å². The number of nitrogens with one attached hydrogen (secondary N) is 1. The van der Waals surface area contributed by atoms with Gasteiger partial charge in [-0.2, -0.15) is 0 Å². The van der Waals surface area contributed by atoms with Crippen LogP contribution in [0.25, 0.3) is 11.2 Å². The number of hydrogen-bond donors (Lipinski definition) is 1. The number of halogens is 1. The van der Waals surface area contributed by atoms with Crippen molar-refractivity contribution in [3.05, 3.63) is 58.5 Å². The van der Waals surface area contributed by atoms with E-state index in [1.807, 2.05) is 24.4 Å². The Morgan fingerprint density at radius 3 is 2.82 bits per heavy atom. The third-order valence-electron chi connectivity index (χ3n) is 2.60. The minimum Gasteiger partial charge on any atom is -0.320 e. The summed E-state index contributed by atoms with van der Waals surface area (Å²) in [7, 11) is 0. The zero-order valence-corrected chi connectivity index (χ0v) is 10.5. The van der Waals surface area contributed by atoms with E-state index in [2.05, 4.69) is 49.3 Å². The van der Waals surface area contributed by atoms with Gasteiger partial charge >= 0.3 is 0 Å². The molecule has 17 heavy (non-hydrogen) atoms. The normalized spacial score (nSPS) is 10.9. The average molecular weight is 287 g/mol. The number of nitrogens with zero attached hydrogens (tertiary/aromatic N) is 2. The highest BCUT2D eigenvalue weighted by atomic mass is 79.9. The second-order valence-corrected chi connectivity index (χ2v) is 4.78. The van der Waals surface area contributed by atoms with Gasteiger partial charge in [-0.15, -0.1) is 0 Å². The Kier molecular flexibility index (Phi) is 2.65. The van der Waals surface area contributed by atoms with Crippen LogP contribution in [-0.2, 0) is 6.42 Å². The van der Waals surface area contributed by atoms with Crippen molar-refractivity contribution in [2.24, 2.45) is 0 Å². The van der Waals surface area contributed by atoms with Gasteiger partial charge in [-0.1, -0.05) is 28.1 Å². The van der Waals surface area contributed by atoms with Crippen molar-refractivity contribution in [1.82, 2.24) is 15.0 Å². The molecular weight excluding hydrogens is 278 g/mol. The maximum absolute atomic E-state index is 4.30. The molecule has 2 aromatic heterocycles. The van der Waals surface area contributed by atoms with Crippen LogP contribution in [0.4, 0.5) is 0 Å². The molecule has 0 saturated carbocycles. The Bertz CT molecular complexity index is 643. The Morgan fingerprint density at radius 1 is 1.18 bits per heavy atom. The number of rotatable bonds is 2. The van der Waals surface area contributed by atoms with Crippen LogP contribution in [0, 0.1) is 6.33 Å². The molecule has 0 amide bonds. The number of hydrogen-bond acceptors (Lipinski definition) is 2. The van der Waals surface area contributed by atoms with Crippen molar-refractivity contribution in [3.63, 3.8) is 0 Å². The number of imidazole rings is 1. The third kappa shape index (κ3) is 2.22. The van der Waals surface area contributed by atoms with Crippen LogP contribution in [-0.4, -0.2) is 15.0 Å². The molecule has 1 aromatic carbocycles. The quantitative estimate of drug-likeness (QED) is 0.786. The number of benzene rings is 1. The molecule has 0 aliphatic carbocycles. The monoisotopic (exact) mass is 286 g/mol. The van der Waals surface area contributed by atoms with E-state index in [9.17, 15) is 0 Å². The van der Waals surface area contributed by atoms with E-state index in [0.29, 0.717) is 0 Å². The van der Waals surface area contributed by atoms with E-state index in [0.717, 1.165) is 27.6 Å². The average Bonchev–Trinajstić information content (AvgIpc) is 2.79. The Hall–Kier alpha value is -1.68. The standard InChI is InChI=1S/C13H9BrN3/c14-11-3-1-9(2-4-11)5-10-6-12-13(15-7-10)17-8-16-12/h1-4,6-7H,5H2,(H,15,16,17). The molecule has 0 unspecified atom stereocenters. The molecule has 3 aromatic rings. The molecule has 0 aliphatic heterocycles. The molecule has 1 N–H and O–H groups in total. The van der Waals surface area contributed by atoms with E-state index in [4.69, 9.17) is 0 Å². The molecule has 2 heterocycles. The van der Waals surface area contributed by atoms with E-state index in [-0.39, 0.29) is 0 Å². The van der Waals surface area contributed by atoms with Crippen LogP contribution in [0.3, 0.4) is 0 Å². The van der Waals surface area contributed by atoms with Gasteiger partial charge in [0.15, 0.2) is 12.0 Å². The van der Waals surface area contributed by atoms with E-state index < -0.39 is 0 Å². The predicted molar refractivity (Wildman–Crippen MR) is 69.7 cm³/mol. The lowest BCUT2D eigenvalue weighted by Crippen LogP contribution is -1.89. The summed E-state index contributed by atoms with van der Waals surface area (Å²) in [4.78, 5) is 11.2. The van der Waals surface area contributed by atoms with Crippen molar-refractivity contribution < 1.29 is 0 Å². The summed E-state index contributed by atoms with van der Waals surface area (Å²) in [6.45, 7) is 0. The molecule has 0 saturated heterocycles. The molecule has 4 heteroatoms. The smallest absolute Gasteiger partial charge is 0.175 e. The fourth-order valence-electron chi connectivity index (χ4n) is 1.75. The van der Waals surface area contributed by atoms with Gasteiger partial charge in [0, 0.05) is 10.7 Å². The summed E-state index contributed by atoms with van der Waals surface area (Å²) in [5, 5.41) is 0. The number of pyridine rings is 1. The predicted octanol–water partition coefficient (Wildman–Crippen LogP) is 3.11. The van der Waals surface area contributed by atoms with Crippen molar-refractivity contribution >= 4 is 27.1 Å². The lowest BCUT2D eigenvalue weighted by molar-refractivity contribution is 1.16. The third-order valence-corrected chi connectivity index (χ3v) is 3.13. The summed E-state index contributed by atoms with van der Waals surface area (Å²) in [6, 6.07) is 10.3. The van der Waals surface area contributed by atoms with Crippen LogP contribution in [0.1, 0.15) is 11.1 Å². The zero-order chi connectivity index (χ0) is 11.7. The molecule has 0 spiro atoms. The first kappa shape index (κ1) is 10.5. The lowest BCUT2D eigenvalue weighted by Gasteiger charge is -2.01. The van der Waals surface area contributed by atoms with Crippen molar-refractivity contribution in [2.45, 2.75) is 6.42 Å². The highest BCUT2D eigenvalue weighted by Gasteiger charge is 2.01. The first-order valence-electron chi connectivity index (χ1n) is 5.26. The van der Waals surface area contributed by atoms with Crippen molar-refractivity contribution in [1.29, 1.82) is 0 Å². The van der Waals surface area contributed by atoms with Gasteiger partial charge < -0.3 is 4.98 Å². The summed E-state index contributed by atoms with van der Waals surface area (Å²) in [6.07, 6.45) is 5.43. The lowest BCUT2D eigenvalue weighted by atomic mass is 10.1.